The van der Waals surface area contributed by atoms with Gasteiger partial charge >= 0.3 is 11.9 Å². The van der Waals surface area contributed by atoms with Gasteiger partial charge in [-0.3, -0.25) is 9.59 Å². The van der Waals surface area contributed by atoms with E-state index in [1.807, 2.05) is 6.08 Å². The van der Waals surface area contributed by atoms with Crippen molar-refractivity contribution in [2.75, 3.05) is 19.8 Å². The highest BCUT2D eigenvalue weighted by molar-refractivity contribution is 5.70. The van der Waals surface area contributed by atoms with Gasteiger partial charge in [0.1, 0.15) is 31.0 Å². The first kappa shape index (κ1) is 55.4. The molecule has 0 saturated carbocycles. The number of aliphatic hydroxyl groups excluding tert-OH is 4. The quantitative estimate of drug-likeness (QED) is 0.0272. The second kappa shape index (κ2) is 40.4. The van der Waals surface area contributed by atoms with Crippen molar-refractivity contribution in [3.8, 4) is 0 Å². The van der Waals surface area contributed by atoms with Crippen molar-refractivity contribution in [3.63, 3.8) is 0 Å². The fraction of sp³-hybridized carbons (Fsp3) is 0.608. The predicted octanol–water partition coefficient (Wildman–Crippen LogP) is 10.1. The largest absolute Gasteiger partial charge is 0.462 e. The maximum Gasteiger partial charge on any atom is 0.306 e. The molecule has 1 fully saturated rings. The van der Waals surface area contributed by atoms with Gasteiger partial charge < -0.3 is 39.4 Å². The summed E-state index contributed by atoms with van der Waals surface area (Å²) in [6, 6.07) is 0. The monoisotopic (exact) mass is 853 g/mol. The summed E-state index contributed by atoms with van der Waals surface area (Å²) in [5.74, 6) is -0.923. The number of hydrogen-bond acceptors (Lipinski definition) is 10. The molecule has 1 rings (SSSR count). The number of carbonyl (C=O) groups excluding carboxylic acids is 2. The number of esters is 2. The number of allylic oxidation sites excluding steroid dienone is 18. The van der Waals surface area contributed by atoms with E-state index in [0.29, 0.717) is 19.3 Å². The molecular formula is C51H80O10. The molecule has 0 aromatic rings. The van der Waals surface area contributed by atoms with Crippen molar-refractivity contribution < 1.29 is 49.0 Å². The lowest BCUT2D eigenvalue weighted by atomic mass is 9.99. The maximum absolute atomic E-state index is 12.8. The van der Waals surface area contributed by atoms with Crippen LogP contribution in [0.25, 0.3) is 0 Å². The summed E-state index contributed by atoms with van der Waals surface area (Å²) in [7, 11) is 0. The van der Waals surface area contributed by atoms with Crippen LogP contribution in [0, 0.1) is 0 Å². The number of hydrogen-bond donors (Lipinski definition) is 4. The zero-order valence-electron chi connectivity index (χ0n) is 37.4. The van der Waals surface area contributed by atoms with Crippen LogP contribution >= 0.6 is 0 Å². The molecule has 344 valence electrons. The standard InChI is InChI=1S/C51H80O10/c1-3-5-7-9-11-13-15-17-19-21-22-24-25-27-29-31-33-35-37-39-46(53)58-42-44(43-59-51-50(57)49(56)48(55)45(41-52)61-51)60-47(54)40-38-36-34-32-30-28-26-23-20-18-16-14-12-10-8-6-4-2/h6,8,11-14,17-20,22,24,26-29,32,34,44-45,48-52,55-57H,3-5,7,9-10,15-16,21,23,25,30-31,33,35-43H2,1-2H3/b8-6+,13-11+,14-12+,19-17+,20-18+,24-22+,28-26+,29-27+,34-32+/t44-,45-,48+,49?,50?,51-/m0/s1. The average Bonchev–Trinajstić information content (AvgIpc) is 3.26. The Balaban J connectivity index is 2.41. The highest BCUT2D eigenvalue weighted by Crippen LogP contribution is 2.22. The van der Waals surface area contributed by atoms with Crippen LogP contribution in [0.4, 0.5) is 0 Å². The molecule has 10 nitrogen and oxygen atoms in total. The minimum Gasteiger partial charge on any atom is -0.462 e. The predicted molar refractivity (Wildman–Crippen MR) is 247 cm³/mol. The van der Waals surface area contributed by atoms with Crippen LogP contribution in [0.1, 0.15) is 142 Å². The van der Waals surface area contributed by atoms with Crippen molar-refractivity contribution in [2.45, 2.75) is 179 Å². The van der Waals surface area contributed by atoms with E-state index in [4.69, 9.17) is 18.9 Å². The lowest BCUT2D eigenvalue weighted by Gasteiger charge is -2.39. The topological polar surface area (TPSA) is 152 Å². The molecule has 0 aromatic carbocycles. The molecule has 0 aromatic heterocycles. The van der Waals surface area contributed by atoms with Gasteiger partial charge in [-0.25, -0.2) is 0 Å². The van der Waals surface area contributed by atoms with Crippen molar-refractivity contribution in [1.29, 1.82) is 0 Å². The van der Waals surface area contributed by atoms with Crippen molar-refractivity contribution in [2.24, 2.45) is 0 Å². The van der Waals surface area contributed by atoms with E-state index >= 15 is 0 Å². The Bertz CT molecular complexity index is 1350. The van der Waals surface area contributed by atoms with E-state index in [2.05, 4.69) is 117 Å². The third kappa shape index (κ3) is 31.8. The fourth-order valence-corrected chi connectivity index (χ4v) is 6.03. The van der Waals surface area contributed by atoms with E-state index in [9.17, 15) is 30.0 Å². The van der Waals surface area contributed by atoms with Gasteiger partial charge in [-0.1, -0.05) is 142 Å². The Labute approximate surface area is 368 Å². The van der Waals surface area contributed by atoms with Crippen molar-refractivity contribution >= 4 is 11.9 Å². The van der Waals surface area contributed by atoms with Gasteiger partial charge in [-0.15, -0.1) is 0 Å². The molecule has 10 heteroatoms. The zero-order valence-corrected chi connectivity index (χ0v) is 37.4. The van der Waals surface area contributed by atoms with E-state index in [0.717, 1.165) is 70.6 Å². The molecule has 1 heterocycles. The van der Waals surface area contributed by atoms with Gasteiger partial charge in [0.05, 0.1) is 13.2 Å². The second-order valence-electron chi connectivity index (χ2n) is 15.1. The Hall–Kier alpha value is -3.64. The molecule has 0 amide bonds. The Morgan fingerprint density at radius 3 is 1.48 bits per heavy atom. The van der Waals surface area contributed by atoms with Crippen LogP contribution in [0.15, 0.2) is 109 Å². The minimum atomic E-state index is -1.62. The maximum atomic E-state index is 12.8. The van der Waals surface area contributed by atoms with Gasteiger partial charge in [0.15, 0.2) is 12.4 Å². The lowest BCUT2D eigenvalue weighted by Crippen LogP contribution is -2.59. The molecule has 1 saturated heterocycles. The lowest BCUT2D eigenvalue weighted by molar-refractivity contribution is -0.305. The van der Waals surface area contributed by atoms with E-state index in [1.54, 1.807) is 0 Å². The van der Waals surface area contributed by atoms with Crippen LogP contribution in [0.2, 0.25) is 0 Å². The third-order valence-electron chi connectivity index (χ3n) is 9.64. The summed E-state index contributed by atoms with van der Waals surface area (Å²) in [6.45, 7) is 3.17. The molecule has 0 spiro atoms. The third-order valence-corrected chi connectivity index (χ3v) is 9.64. The van der Waals surface area contributed by atoms with Crippen LogP contribution in [0.5, 0.6) is 0 Å². The van der Waals surface area contributed by atoms with Crippen molar-refractivity contribution in [1.82, 2.24) is 0 Å². The summed E-state index contributed by atoms with van der Waals surface area (Å²) in [6.07, 6.45) is 48.1. The van der Waals surface area contributed by atoms with Gasteiger partial charge in [0, 0.05) is 12.8 Å². The molecule has 0 radical (unpaired) electrons. The van der Waals surface area contributed by atoms with E-state index in [-0.39, 0.29) is 26.1 Å². The second-order valence-corrected chi connectivity index (χ2v) is 15.1. The first-order valence-electron chi connectivity index (χ1n) is 23.0. The Morgan fingerprint density at radius 1 is 0.525 bits per heavy atom. The number of aliphatic hydroxyl groups is 4. The molecule has 61 heavy (non-hydrogen) atoms. The molecule has 1 aliphatic heterocycles. The smallest absolute Gasteiger partial charge is 0.306 e. The van der Waals surface area contributed by atoms with Crippen LogP contribution in [0.3, 0.4) is 0 Å². The number of unbranched alkanes of at least 4 members (excludes halogenated alkanes) is 7. The highest BCUT2D eigenvalue weighted by Gasteiger charge is 2.44. The number of carbonyl (C=O) groups is 2. The SMILES string of the molecule is CC/C=C/C/C=C/C/C=C/C/C=C/C/C=C/CCCC(=O)O[C@@H](COC(=O)CCCCC/C=C/C/C=C/C/C=C/C/C=C/CCCCC)CO[C@H]1O[C@@H](CO)[C@@H](O)C(O)C1O. The van der Waals surface area contributed by atoms with Gasteiger partial charge in [-0.05, 0) is 96.3 Å². The molecule has 4 N–H and O–H groups in total. The molecule has 0 bridgehead atoms. The number of ether oxygens (including phenoxy) is 4. The van der Waals surface area contributed by atoms with Gasteiger partial charge in [0.2, 0.25) is 0 Å². The molecule has 1 aliphatic rings. The first-order chi connectivity index (χ1) is 29.8. The van der Waals surface area contributed by atoms with Crippen LogP contribution in [-0.4, -0.2) is 89.0 Å². The van der Waals surface area contributed by atoms with Crippen molar-refractivity contribution in [3.05, 3.63) is 109 Å². The Kier molecular flexibility index (Phi) is 36.7. The Morgan fingerprint density at radius 2 is 0.984 bits per heavy atom. The highest BCUT2D eigenvalue weighted by atomic mass is 16.7. The van der Waals surface area contributed by atoms with E-state index < -0.39 is 55.4 Å². The van der Waals surface area contributed by atoms with Gasteiger partial charge in [-0.2, -0.15) is 0 Å². The summed E-state index contributed by atoms with van der Waals surface area (Å²) in [5.41, 5.74) is 0. The number of rotatable bonds is 36. The molecule has 0 aliphatic carbocycles. The summed E-state index contributed by atoms with van der Waals surface area (Å²) in [4.78, 5) is 25.3. The zero-order chi connectivity index (χ0) is 44.4. The fourth-order valence-electron chi connectivity index (χ4n) is 6.03. The molecule has 6 atom stereocenters. The summed E-state index contributed by atoms with van der Waals surface area (Å²) >= 11 is 0. The molecular weight excluding hydrogens is 773 g/mol. The average molecular weight is 853 g/mol. The summed E-state index contributed by atoms with van der Waals surface area (Å²) in [5, 5.41) is 40.1. The van der Waals surface area contributed by atoms with E-state index in [1.165, 1.54) is 25.7 Å². The normalized spacial score (nSPS) is 20.8. The summed E-state index contributed by atoms with van der Waals surface area (Å²) < 4.78 is 22.1. The van der Waals surface area contributed by atoms with Crippen LogP contribution < -0.4 is 0 Å². The first-order valence-corrected chi connectivity index (χ1v) is 23.0. The molecule has 2 unspecified atom stereocenters. The van der Waals surface area contributed by atoms with Gasteiger partial charge in [0.25, 0.3) is 0 Å². The van der Waals surface area contributed by atoms with Crippen LogP contribution in [-0.2, 0) is 28.5 Å². The minimum absolute atomic E-state index is 0.137.